The Morgan fingerprint density at radius 3 is 1.52 bits per heavy atom. The molecule has 0 spiro atoms. The Morgan fingerprint density at radius 2 is 0.783 bits per heavy atom. The van der Waals surface area contributed by atoms with Crippen molar-refractivity contribution in [3.63, 3.8) is 0 Å². The molecular weight excluding hydrogens is 727 g/mol. The first kappa shape index (κ1) is 35.2. The molecule has 10 aromatic carbocycles. The summed E-state index contributed by atoms with van der Waals surface area (Å²) in [6.45, 7) is 0. The summed E-state index contributed by atoms with van der Waals surface area (Å²) in [5, 5.41) is 4.67. The molecule has 0 N–H and O–H groups in total. The molecule has 60 heavy (non-hydrogen) atoms. The van der Waals surface area contributed by atoms with Crippen molar-refractivity contribution in [2.75, 3.05) is 4.90 Å². The molecule has 1 heterocycles. The van der Waals surface area contributed by atoms with Crippen LogP contribution >= 0.6 is 0 Å². The molecular formula is C58H39NO. The van der Waals surface area contributed by atoms with Crippen LogP contribution in [0.4, 0.5) is 17.1 Å². The van der Waals surface area contributed by atoms with E-state index in [1.807, 2.05) is 12.1 Å². The van der Waals surface area contributed by atoms with Crippen molar-refractivity contribution in [2.24, 2.45) is 0 Å². The van der Waals surface area contributed by atoms with E-state index in [2.05, 4.69) is 229 Å². The zero-order chi connectivity index (χ0) is 39.8. The van der Waals surface area contributed by atoms with Crippen LogP contribution in [0.3, 0.4) is 0 Å². The van der Waals surface area contributed by atoms with Gasteiger partial charge >= 0.3 is 0 Å². The van der Waals surface area contributed by atoms with Crippen LogP contribution in [0.5, 0.6) is 0 Å². The average Bonchev–Trinajstić information content (AvgIpc) is 3.72. The van der Waals surface area contributed by atoms with E-state index in [4.69, 9.17) is 4.42 Å². The first-order valence-corrected chi connectivity index (χ1v) is 20.5. The second kappa shape index (κ2) is 15.1. The highest BCUT2D eigenvalue weighted by Crippen LogP contribution is 2.44. The Hall–Kier alpha value is -7.94. The maximum absolute atomic E-state index is 6.46. The van der Waals surface area contributed by atoms with E-state index in [-0.39, 0.29) is 0 Å². The van der Waals surface area contributed by atoms with Crippen LogP contribution < -0.4 is 4.90 Å². The van der Waals surface area contributed by atoms with Gasteiger partial charge in [0.05, 0.1) is 5.69 Å². The van der Waals surface area contributed by atoms with Crippen LogP contribution in [0.1, 0.15) is 0 Å². The third-order valence-corrected chi connectivity index (χ3v) is 11.7. The lowest BCUT2D eigenvalue weighted by Crippen LogP contribution is -2.10. The van der Waals surface area contributed by atoms with E-state index < -0.39 is 0 Å². The van der Waals surface area contributed by atoms with E-state index in [0.29, 0.717) is 0 Å². The van der Waals surface area contributed by atoms with Gasteiger partial charge in [-0.25, -0.2) is 0 Å². The van der Waals surface area contributed by atoms with Gasteiger partial charge in [-0.3, -0.25) is 0 Å². The van der Waals surface area contributed by atoms with Crippen LogP contribution in [0.2, 0.25) is 0 Å². The third kappa shape index (κ3) is 6.41. The maximum Gasteiger partial charge on any atom is 0.143 e. The highest BCUT2D eigenvalue weighted by Gasteiger charge is 2.19. The number of furan rings is 1. The monoisotopic (exact) mass is 765 g/mol. The Balaban J connectivity index is 1.02. The summed E-state index contributed by atoms with van der Waals surface area (Å²) in [7, 11) is 0. The quantitative estimate of drug-likeness (QED) is 0.153. The topological polar surface area (TPSA) is 16.4 Å². The number of hydrogen-bond acceptors (Lipinski definition) is 2. The molecule has 1 aromatic heterocycles. The van der Waals surface area contributed by atoms with Gasteiger partial charge in [0.2, 0.25) is 0 Å². The number of anilines is 3. The number of nitrogens with zero attached hydrogens (tertiary/aromatic N) is 1. The fraction of sp³-hybridized carbons (Fsp3) is 0. The molecule has 0 saturated carbocycles. The van der Waals surface area contributed by atoms with Gasteiger partial charge in [0.1, 0.15) is 11.2 Å². The van der Waals surface area contributed by atoms with E-state index in [9.17, 15) is 0 Å². The number of para-hydroxylation sites is 2. The van der Waals surface area contributed by atoms with E-state index in [1.54, 1.807) is 0 Å². The van der Waals surface area contributed by atoms with Crippen molar-refractivity contribution >= 4 is 49.8 Å². The average molecular weight is 766 g/mol. The summed E-state index contributed by atoms with van der Waals surface area (Å²) in [5.74, 6) is 0. The molecule has 0 bridgehead atoms. The molecule has 2 heteroatoms. The standard InChI is InChI=1S/C58H39NO/c1-3-14-40(15-4-1)41-28-30-42(31-29-41)43-32-34-48(35-33-43)59(56-37-36-50(44-16-5-2-6-17-44)52-22-7-8-23-53(52)56)49-21-12-19-46(39-49)45-18-11-20-47(38-45)51-25-13-26-55-54-24-9-10-27-57(54)60-58(51)55/h1-39H. The SMILES string of the molecule is c1ccc(-c2ccc(-c3ccc(N(c4cccc(-c5cccc(-c6cccc7c6oc6ccccc67)c5)c4)c4ccc(-c5ccccc5)c5ccccc45)cc3)cc2)cc1. The lowest BCUT2D eigenvalue weighted by Gasteiger charge is -2.28. The molecule has 11 aromatic rings. The summed E-state index contributed by atoms with van der Waals surface area (Å²) in [6.07, 6.45) is 0. The molecule has 282 valence electrons. The molecule has 0 unspecified atom stereocenters. The normalized spacial score (nSPS) is 11.3. The zero-order valence-corrected chi connectivity index (χ0v) is 32.9. The highest BCUT2D eigenvalue weighted by molar-refractivity contribution is 6.10. The van der Waals surface area contributed by atoms with E-state index >= 15 is 0 Å². The Bertz CT molecular complexity index is 3290. The fourth-order valence-corrected chi connectivity index (χ4v) is 8.73. The van der Waals surface area contributed by atoms with Crippen molar-refractivity contribution < 1.29 is 4.42 Å². The number of rotatable bonds is 8. The van der Waals surface area contributed by atoms with Crippen LogP contribution in [-0.2, 0) is 0 Å². The summed E-state index contributed by atoms with van der Waals surface area (Å²) in [6, 6.07) is 84.8. The van der Waals surface area contributed by atoms with Crippen LogP contribution in [0.15, 0.2) is 241 Å². The largest absolute Gasteiger partial charge is 0.455 e. The predicted octanol–water partition coefficient (Wildman–Crippen LogP) is 16.5. The molecule has 0 aliphatic heterocycles. The van der Waals surface area contributed by atoms with Gasteiger partial charge < -0.3 is 9.32 Å². The van der Waals surface area contributed by atoms with E-state index in [1.165, 1.54) is 44.2 Å². The highest BCUT2D eigenvalue weighted by atomic mass is 16.3. The Labute approximate surface area is 349 Å². The minimum Gasteiger partial charge on any atom is -0.455 e. The number of benzene rings is 10. The van der Waals surface area contributed by atoms with Crippen molar-refractivity contribution in [3.8, 4) is 55.6 Å². The third-order valence-electron chi connectivity index (χ3n) is 11.7. The number of hydrogen-bond donors (Lipinski definition) is 0. The first-order chi connectivity index (χ1) is 29.7. The minimum absolute atomic E-state index is 0.905. The summed E-state index contributed by atoms with van der Waals surface area (Å²) in [5.41, 5.74) is 16.8. The second-order valence-corrected chi connectivity index (χ2v) is 15.3. The molecule has 0 radical (unpaired) electrons. The molecule has 11 rings (SSSR count). The smallest absolute Gasteiger partial charge is 0.143 e. The van der Waals surface area contributed by atoms with Gasteiger partial charge in [-0.05, 0) is 97.9 Å². The molecule has 0 aliphatic rings. The fourth-order valence-electron chi connectivity index (χ4n) is 8.73. The van der Waals surface area contributed by atoms with Crippen molar-refractivity contribution in [2.45, 2.75) is 0 Å². The zero-order valence-electron chi connectivity index (χ0n) is 32.9. The molecule has 0 amide bonds. The molecule has 0 atom stereocenters. The van der Waals surface area contributed by atoms with Gasteiger partial charge in [0.25, 0.3) is 0 Å². The Kier molecular flexibility index (Phi) is 8.87. The van der Waals surface area contributed by atoms with Crippen molar-refractivity contribution in [1.82, 2.24) is 0 Å². The molecule has 0 aliphatic carbocycles. The predicted molar refractivity (Wildman–Crippen MR) is 253 cm³/mol. The van der Waals surface area contributed by atoms with Gasteiger partial charge in [-0.2, -0.15) is 0 Å². The second-order valence-electron chi connectivity index (χ2n) is 15.3. The van der Waals surface area contributed by atoms with Crippen LogP contribution in [0, 0.1) is 0 Å². The summed E-state index contributed by atoms with van der Waals surface area (Å²) in [4.78, 5) is 2.40. The van der Waals surface area contributed by atoms with Crippen molar-refractivity contribution in [3.05, 3.63) is 237 Å². The number of fused-ring (bicyclic) bond motifs is 4. The summed E-state index contributed by atoms with van der Waals surface area (Å²) < 4.78 is 6.46. The van der Waals surface area contributed by atoms with Gasteiger partial charge in [0, 0.05) is 33.1 Å². The van der Waals surface area contributed by atoms with Crippen molar-refractivity contribution in [1.29, 1.82) is 0 Å². The van der Waals surface area contributed by atoms with Crippen LogP contribution in [0.25, 0.3) is 88.3 Å². The Morgan fingerprint density at radius 1 is 0.267 bits per heavy atom. The first-order valence-electron chi connectivity index (χ1n) is 20.5. The molecule has 0 saturated heterocycles. The summed E-state index contributed by atoms with van der Waals surface area (Å²) >= 11 is 0. The van der Waals surface area contributed by atoms with Crippen LogP contribution in [-0.4, -0.2) is 0 Å². The maximum atomic E-state index is 6.46. The van der Waals surface area contributed by atoms with Gasteiger partial charge in [-0.1, -0.05) is 194 Å². The molecule has 0 fully saturated rings. The molecule has 2 nitrogen and oxygen atoms in total. The lowest BCUT2D eigenvalue weighted by atomic mass is 9.95. The van der Waals surface area contributed by atoms with Gasteiger partial charge in [0.15, 0.2) is 0 Å². The minimum atomic E-state index is 0.905. The van der Waals surface area contributed by atoms with Gasteiger partial charge in [-0.15, -0.1) is 0 Å². The lowest BCUT2D eigenvalue weighted by molar-refractivity contribution is 0.670. The van der Waals surface area contributed by atoms with E-state index in [0.717, 1.165) is 61.3 Å².